The second-order valence-corrected chi connectivity index (χ2v) is 9.97. The number of carbonyl (C=O) groups is 2. The number of amides is 1. The number of hydrogen-bond acceptors (Lipinski definition) is 5. The summed E-state index contributed by atoms with van der Waals surface area (Å²) in [6, 6.07) is 12.6. The second kappa shape index (κ2) is 11.6. The standard InChI is InChI=1S/C30H33F3N2O4/c1-4-38-28(37)10-7-16-34(19-22-11-13-24(14-12-22)30(31,32)33)21(2)29(3)15-17-35(29)27(36)18-23-20-39-26-9-6-5-8-25(23)26/h5-6,8-9,11-14,20H,2,4,7,10,15-19H2,1,3H3. The number of rotatable bonds is 11. The molecule has 1 saturated heterocycles. The van der Waals surface area contributed by atoms with Crippen molar-refractivity contribution in [2.24, 2.45) is 0 Å². The van der Waals surface area contributed by atoms with Crippen LogP contribution in [0.1, 0.15) is 49.8 Å². The lowest BCUT2D eigenvalue weighted by Crippen LogP contribution is -2.63. The smallest absolute Gasteiger partial charge is 0.416 e. The molecule has 1 aliphatic heterocycles. The van der Waals surface area contributed by atoms with Crippen LogP contribution in [0.15, 0.2) is 71.5 Å². The van der Waals surface area contributed by atoms with Gasteiger partial charge in [0.05, 0.1) is 30.4 Å². The minimum Gasteiger partial charge on any atom is -0.466 e. The van der Waals surface area contributed by atoms with E-state index in [0.717, 1.165) is 28.7 Å². The van der Waals surface area contributed by atoms with Crippen molar-refractivity contribution in [3.05, 3.63) is 83.8 Å². The van der Waals surface area contributed by atoms with Crippen LogP contribution in [0.5, 0.6) is 0 Å². The van der Waals surface area contributed by atoms with E-state index in [9.17, 15) is 22.8 Å². The molecule has 1 atom stereocenters. The van der Waals surface area contributed by atoms with Gasteiger partial charge in [0.25, 0.3) is 0 Å². The number of ether oxygens (including phenoxy) is 1. The Morgan fingerprint density at radius 1 is 1.15 bits per heavy atom. The lowest BCUT2D eigenvalue weighted by Gasteiger charge is -2.54. The summed E-state index contributed by atoms with van der Waals surface area (Å²) in [5.74, 6) is -0.367. The number of halogens is 3. The van der Waals surface area contributed by atoms with Crippen molar-refractivity contribution in [3.63, 3.8) is 0 Å². The van der Waals surface area contributed by atoms with Gasteiger partial charge in [-0.25, -0.2) is 0 Å². The average molecular weight is 543 g/mol. The fraction of sp³-hybridized carbons (Fsp3) is 0.400. The average Bonchev–Trinajstić information content (AvgIpc) is 3.29. The molecular formula is C30H33F3N2O4. The third-order valence-electron chi connectivity index (χ3n) is 7.39. The van der Waals surface area contributed by atoms with Gasteiger partial charge in [0.15, 0.2) is 0 Å². The van der Waals surface area contributed by atoms with E-state index in [1.807, 2.05) is 36.1 Å². The first-order chi connectivity index (χ1) is 18.5. The summed E-state index contributed by atoms with van der Waals surface area (Å²) in [6.07, 6.45) is -1.24. The number of para-hydroxylation sites is 1. The summed E-state index contributed by atoms with van der Waals surface area (Å²) in [5, 5.41) is 0.898. The molecule has 3 aromatic rings. The Morgan fingerprint density at radius 2 is 1.87 bits per heavy atom. The molecular weight excluding hydrogens is 509 g/mol. The Kier molecular flexibility index (Phi) is 8.37. The Bertz CT molecular complexity index is 1330. The number of likely N-dealkylation sites (tertiary alicyclic amines) is 1. The van der Waals surface area contributed by atoms with E-state index in [1.165, 1.54) is 12.1 Å². The number of nitrogens with zero attached hydrogens (tertiary/aromatic N) is 2. The molecule has 208 valence electrons. The van der Waals surface area contributed by atoms with Crippen LogP contribution >= 0.6 is 0 Å². The SMILES string of the molecule is C=C(N(CCCC(=O)OCC)Cc1ccc(C(F)(F)F)cc1)C1(C)CCN1C(=O)Cc1coc2ccccc12. The molecule has 0 spiro atoms. The van der Waals surface area contributed by atoms with Crippen LogP contribution in [0.4, 0.5) is 13.2 Å². The van der Waals surface area contributed by atoms with Crippen LogP contribution < -0.4 is 0 Å². The van der Waals surface area contributed by atoms with Crippen LogP contribution in [0, 0.1) is 0 Å². The van der Waals surface area contributed by atoms with Crippen LogP contribution in [0.3, 0.4) is 0 Å². The van der Waals surface area contributed by atoms with Gasteiger partial charge in [-0.1, -0.05) is 36.9 Å². The van der Waals surface area contributed by atoms with Gasteiger partial charge >= 0.3 is 12.1 Å². The van der Waals surface area contributed by atoms with Crippen molar-refractivity contribution in [1.82, 2.24) is 9.80 Å². The molecule has 1 aromatic heterocycles. The van der Waals surface area contributed by atoms with Crippen molar-refractivity contribution >= 4 is 22.8 Å². The number of esters is 1. The van der Waals surface area contributed by atoms with E-state index < -0.39 is 17.3 Å². The minimum absolute atomic E-state index is 0.0579. The summed E-state index contributed by atoms with van der Waals surface area (Å²) >= 11 is 0. The highest BCUT2D eigenvalue weighted by Gasteiger charge is 2.47. The Morgan fingerprint density at radius 3 is 2.51 bits per heavy atom. The topological polar surface area (TPSA) is 63.0 Å². The third kappa shape index (κ3) is 6.29. The quantitative estimate of drug-likeness (QED) is 0.265. The van der Waals surface area contributed by atoms with Crippen LogP contribution in [0.2, 0.25) is 0 Å². The maximum Gasteiger partial charge on any atom is 0.416 e. The molecule has 2 aromatic carbocycles. The first kappa shape index (κ1) is 28.3. The Hall–Kier alpha value is -3.75. The molecule has 1 unspecified atom stereocenters. The normalized spacial score (nSPS) is 17.1. The predicted molar refractivity (Wildman–Crippen MR) is 142 cm³/mol. The highest BCUT2D eigenvalue weighted by atomic mass is 19.4. The first-order valence-electron chi connectivity index (χ1n) is 13.0. The number of carbonyl (C=O) groups excluding carboxylic acids is 2. The number of alkyl halides is 3. The van der Waals surface area contributed by atoms with Crippen molar-refractivity contribution in [2.45, 2.75) is 57.8 Å². The van der Waals surface area contributed by atoms with Gasteiger partial charge in [0.2, 0.25) is 5.91 Å². The van der Waals surface area contributed by atoms with Gasteiger partial charge < -0.3 is 19.0 Å². The highest BCUT2D eigenvalue weighted by Crippen LogP contribution is 2.39. The number of furan rings is 1. The number of fused-ring (bicyclic) bond motifs is 1. The second-order valence-electron chi connectivity index (χ2n) is 9.97. The molecule has 0 N–H and O–H groups in total. The van der Waals surface area contributed by atoms with Gasteiger partial charge in [-0.3, -0.25) is 9.59 Å². The zero-order valence-corrected chi connectivity index (χ0v) is 22.2. The molecule has 9 heteroatoms. The van der Waals surface area contributed by atoms with Crippen molar-refractivity contribution in [1.29, 1.82) is 0 Å². The van der Waals surface area contributed by atoms with Gasteiger partial charge in [0, 0.05) is 42.7 Å². The van der Waals surface area contributed by atoms with E-state index in [-0.39, 0.29) is 24.7 Å². The summed E-state index contributed by atoms with van der Waals surface area (Å²) in [4.78, 5) is 29.1. The van der Waals surface area contributed by atoms with Crippen LogP contribution in [-0.4, -0.2) is 46.9 Å². The largest absolute Gasteiger partial charge is 0.466 e. The van der Waals surface area contributed by atoms with E-state index in [0.29, 0.717) is 50.3 Å². The monoisotopic (exact) mass is 542 g/mol. The summed E-state index contributed by atoms with van der Waals surface area (Å²) in [6.45, 7) is 9.62. The fourth-order valence-corrected chi connectivity index (χ4v) is 5.00. The zero-order valence-electron chi connectivity index (χ0n) is 22.2. The van der Waals surface area contributed by atoms with E-state index in [2.05, 4.69) is 6.58 Å². The molecule has 39 heavy (non-hydrogen) atoms. The molecule has 0 saturated carbocycles. The number of benzene rings is 2. The molecule has 4 rings (SSSR count). The molecule has 0 bridgehead atoms. The summed E-state index contributed by atoms with van der Waals surface area (Å²) in [7, 11) is 0. The molecule has 0 aliphatic carbocycles. The summed E-state index contributed by atoms with van der Waals surface area (Å²) < 4.78 is 49.8. The van der Waals surface area contributed by atoms with Crippen molar-refractivity contribution < 1.29 is 31.9 Å². The van der Waals surface area contributed by atoms with Gasteiger partial charge in [0.1, 0.15) is 5.58 Å². The highest BCUT2D eigenvalue weighted by molar-refractivity contribution is 5.88. The molecule has 6 nitrogen and oxygen atoms in total. The molecule has 1 aliphatic rings. The van der Waals surface area contributed by atoms with Crippen molar-refractivity contribution in [3.8, 4) is 0 Å². The van der Waals surface area contributed by atoms with Gasteiger partial charge in [-0.05, 0) is 50.5 Å². The molecule has 1 amide bonds. The lowest BCUT2D eigenvalue weighted by atomic mass is 9.82. The Balaban J connectivity index is 1.49. The fourth-order valence-electron chi connectivity index (χ4n) is 5.00. The molecule has 1 fully saturated rings. The third-order valence-corrected chi connectivity index (χ3v) is 7.39. The van der Waals surface area contributed by atoms with E-state index in [4.69, 9.17) is 9.15 Å². The van der Waals surface area contributed by atoms with Crippen LogP contribution in [0.25, 0.3) is 11.0 Å². The minimum atomic E-state index is -4.41. The maximum absolute atomic E-state index is 13.4. The predicted octanol–water partition coefficient (Wildman–Crippen LogP) is 6.34. The molecule has 0 radical (unpaired) electrons. The zero-order chi connectivity index (χ0) is 28.2. The van der Waals surface area contributed by atoms with Gasteiger partial charge in [-0.15, -0.1) is 0 Å². The maximum atomic E-state index is 13.4. The van der Waals surface area contributed by atoms with Crippen molar-refractivity contribution in [2.75, 3.05) is 19.7 Å². The number of hydrogen-bond donors (Lipinski definition) is 0. The summed E-state index contributed by atoms with van der Waals surface area (Å²) in [5.41, 5.74) is 1.51. The molecule has 2 heterocycles. The van der Waals surface area contributed by atoms with E-state index >= 15 is 0 Å². The van der Waals surface area contributed by atoms with Crippen LogP contribution in [-0.2, 0) is 33.5 Å². The van der Waals surface area contributed by atoms with E-state index in [1.54, 1.807) is 18.1 Å². The van der Waals surface area contributed by atoms with Gasteiger partial charge in [-0.2, -0.15) is 13.2 Å². The first-order valence-corrected chi connectivity index (χ1v) is 13.0. The lowest BCUT2D eigenvalue weighted by molar-refractivity contribution is -0.144. The Labute approximate surface area is 226 Å².